The number of sulfonamides is 1. The van der Waals surface area contributed by atoms with Gasteiger partial charge in [0.25, 0.3) is 5.91 Å². The Balaban J connectivity index is 1.72. The number of rotatable bonds is 5. The second-order valence-electron chi connectivity index (χ2n) is 6.17. The molecule has 0 aliphatic carbocycles. The number of nitrogens with zero attached hydrogens (tertiary/aromatic N) is 1. The summed E-state index contributed by atoms with van der Waals surface area (Å²) in [5.74, 6) is 1.81. The summed E-state index contributed by atoms with van der Waals surface area (Å²) in [5.41, 5.74) is 2.23. The number of benzene rings is 2. The highest BCUT2D eigenvalue weighted by atomic mass is 35.5. The predicted octanol–water partition coefficient (Wildman–Crippen LogP) is 3.52. The molecule has 2 aromatic rings. The van der Waals surface area contributed by atoms with Crippen molar-refractivity contribution in [2.24, 2.45) is 0 Å². The Kier molecular flexibility index (Phi) is 6.18. The van der Waals surface area contributed by atoms with Crippen LogP contribution in [0.1, 0.15) is 10.4 Å². The van der Waals surface area contributed by atoms with Crippen molar-refractivity contribution < 1.29 is 13.2 Å². The van der Waals surface area contributed by atoms with Gasteiger partial charge in [-0.1, -0.05) is 17.7 Å². The van der Waals surface area contributed by atoms with Gasteiger partial charge in [0.15, 0.2) is 0 Å². The van der Waals surface area contributed by atoms with E-state index in [1.807, 2.05) is 23.9 Å². The average Bonchev–Trinajstić information content (AvgIpc) is 2.61. The second kappa shape index (κ2) is 8.41. The van der Waals surface area contributed by atoms with Gasteiger partial charge in [-0.2, -0.15) is 11.8 Å². The number of amides is 1. The lowest BCUT2D eigenvalue weighted by Gasteiger charge is -2.29. The standard InChI is InChI=1S/C18H20ClN3O3S2/c1-27(24,25)21-15-4-2-3-13(11-15)18(23)20-14-5-6-17(16(19)12-14)22-7-9-26-10-8-22/h2-6,11-12,21H,7-10H2,1H3,(H,20,23). The van der Waals surface area contributed by atoms with Crippen molar-refractivity contribution in [3.63, 3.8) is 0 Å². The largest absolute Gasteiger partial charge is 0.369 e. The van der Waals surface area contributed by atoms with Crippen molar-refractivity contribution in [1.82, 2.24) is 0 Å². The van der Waals surface area contributed by atoms with E-state index in [-0.39, 0.29) is 5.91 Å². The molecule has 2 aromatic carbocycles. The maximum Gasteiger partial charge on any atom is 0.255 e. The lowest BCUT2D eigenvalue weighted by molar-refractivity contribution is 0.102. The normalized spacial score (nSPS) is 14.7. The Hall–Kier alpha value is -1.90. The maximum absolute atomic E-state index is 12.5. The van der Waals surface area contributed by atoms with Crippen molar-refractivity contribution in [3.8, 4) is 0 Å². The number of halogens is 1. The third-order valence-corrected chi connectivity index (χ3v) is 5.84. The number of carbonyl (C=O) groups is 1. The molecule has 3 rings (SSSR count). The molecule has 1 fully saturated rings. The van der Waals surface area contributed by atoms with Gasteiger partial charge in [0.1, 0.15) is 0 Å². The first-order chi connectivity index (χ1) is 12.8. The van der Waals surface area contributed by atoms with Gasteiger partial charge in [-0.3, -0.25) is 9.52 Å². The number of thioether (sulfide) groups is 1. The van der Waals surface area contributed by atoms with Crippen molar-refractivity contribution >= 4 is 56.4 Å². The Morgan fingerprint density at radius 2 is 1.85 bits per heavy atom. The van der Waals surface area contributed by atoms with Crippen molar-refractivity contribution in [1.29, 1.82) is 0 Å². The van der Waals surface area contributed by atoms with Crippen LogP contribution in [0.5, 0.6) is 0 Å². The van der Waals surface area contributed by atoms with E-state index < -0.39 is 10.0 Å². The van der Waals surface area contributed by atoms with Gasteiger partial charge in [-0.05, 0) is 36.4 Å². The van der Waals surface area contributed by atoms with Crippen LogP contribution in [0.2, 0.25) is 5.02 Å². The first kappa shape index (κ1) is 19.9. The monoisotopic (exact) mass is 425 g/mol. The minimum Gasteiger partial charge on any atom is -0.369 e. The van der Waals surface area contributed by atoms with E-state index in [9.17, 15) is 13.2 Å². The third kappa shape index (κ3) is 5.54. The SMILES string of the molecule is CS(=O)(=O)Nc1cccc(C(=O)Nc2ccc(N3CCSCC3)c(Cl)c2)c1. The minimum absolute atomic E-state index is 0.335. The Morgan fingerprint density at radius 1 is 1.11 bits per heavy atom. The van der Waals surface area contributed by atoms with Gasteiger partial charge < -0.3 is 10.2 Å². The van der Waals surface area contributed by atoms with Crippen LogP contribution >= 0.6 is 23.4 Å². The molecule has 1 amide bonds. The maximum atomic E-state index is 12.5. The first-order valence-electron chi connectivity index (χ1n) is 8.33. The zero-order chi connectivity index (χ0) is 19.4. The fraction of sp³-hybridized carbons (Fsp3) is 0.278. The third-order valence-electron chi connectivity index (χ3n) is 3.99. The van der Waals surface area contributed by atoms with Crippen molar-refractivity contribution in [2.45, 2.75) is 0 Å². The summed E-state index contributed by atoms with van der Waals surface area (Å²) in [7, 11) is -3.40. The van der Waals surface area contributed by atoms with Crippen molar-refractivity contribution in [3.05, 3.63) is 53.1 Å². The lowest BCUT2D eigenvalue weighted by Crippen LogP contribution is -2.32. The zero-order valence-electron chi connectivity index (χ0n) is 14.7. The highest BCUT2D eigenvalue weighted by Crippen LogP contribution is 2.30. The molecule has 144 valence electrons. The molecular formula is C18H20ClN3O3S2. The highest BCUT2D eigenvalue weighted by Gasteiger charge is 2.15. The molecule has 0 saturated carbocycles. The fourth-order valence-corrected chi connectivity index (χ4v) is 4.54. The van der Waals surface area contributed by atoms with Crippen LogP contribution in [0.25, 0.3) is 0 Å². The van der Waals surface area contributed by atoms with Crippen LogP contribution in [-0.4, -0.2) is 45.2 Å². The molecule has 0 radical (unpaired) electrons. The summed E-state index contributed by atoms with van der Waals surface area (Å²) < 4.78 is 25.0. The van der Waals surface area contributed by atoms with Gasteiger partial charge >= 0.3 is 0 Å². The van der Waals surface area contributed by atoms with Crippen LogP contribution < -0.4 is 14.9 Å². The molecule has 6 nitrogen and oxygen atoms in total. The molecule has 0 spiro atoms. The molecule has 0 bridgehead atoms. The lowest BCUT2D eigenvalue weighted by atomic mass is 10.2. The Labute approximate surface area is 168 Å². The summed E-state index contributed by atoms with van der Waals surface area (Å²) in [4.78, 5) is 14.7. The van der Waals surface area contributed by atoms with E-state index in [0.717, 1.165) is 36.5 Å². The number of hydrogen-bond acceptors (Lipinski definition) is 5. The van der Waals surface area contributed by atoms with Gasteiger partial charge in [0.05, 0.1) is 17.0 Å². The fourth-order valence-electron chi connectivity index (χ4n) is 2.79. The minimum atomic E-state index is -3.40. The summed E-state index contributed by atoms with van der Waals surface area (Å²) in [6.07, 6.45) is 1.06. The molecule has 0 atom stereocenters. The van der Waals surface area contributed by atoms with Gasteiger partial charge in [-0.15, -0.1) is 0 Å². The molecule has 1 aliphatic heterocycles. The van der Waals surface area contributed by atoms with Gasteiger partial charge in [0, 0.05) is 41.5 Å². The molecule has 2 N–H and O–H groups in total. The van der Waals surface area contributed by atoms with E-state index in [0.29, 0.717) is 22.0 Å². The van der Waals surface area contributed by atoms with E-state index >= 15 is 0 Å². The van der Waals surface area contributed by atoms with Crippen LogP contribution in [0.15, 0.2) is 42.5 Å². The number of nitrogens with one attached hydrogen (secondary N) is 2. The number of hydrogen-bond donors (Lipinski definition) is 2. The Morgan fingerprint density at radius 3 is 2.52 bits per heavy atom. The quantitative estimate of drug-likeness (QED) is 0.766. The molecule has 9 heteroatoms. The molecular weight excluding hydrogens is 406 g/mol. The zero-order valence-corrected chi connectivity index (χ0v) is 17.1. The van der Waals surface area contributed by atoms with Crippen LogP contribution in [-0.2, 0) is 10.0 Å². The summed E-state index contributed by atoms with van der Waals surface area (Å²) in [5, 5.41) is 3.39. The molecule has 0 unspecified atom stereocenters. The average molecular weight is 426 g/mol. The van der Waals surface area contributed by atoms with Crippen LogP contribution in [0, 0.1) is 0 Å². The summed E-state index contributed by atoms with van der Waals surface area (Å²) in [6.45, 7) is 1.91. The van der Waals surface area contributed by atoms with Crippen LogP contribution in [0.3, 0.4) is 0 Å². The van der Waals surface area contributed by atoms with Crippen molar-refractivity contribution in [2.75, 3.05) is 45.8 Å². The molecule has 0 aromatic heterocycles. The molecule has 1 heterocycles. The van der Waals surface area contributed by atoms with E-state index in [4.69, 9.17) is 11.6 Å². The van der Waals surface area contributed by atoms with Gasteiger partial charge in [-0.25, -0.2) is 8.42 Å². The van der Waals surface area contributed by atoms with E-state index in [1.54, 1.807) is 24.3 Å². The number of anilines is 3. The predicted molar refractivity (Wildman–Crippen MR) is 114 cm³/mol. The van der Waals surface area contributed by atoms with Crippen LogP contribution in [0.4, 0.5) is 17.1 Å². The summed E-state index contributed by atoms with van der Waals surface area (Å²) >= 11 is 8.34. The van der Waals surface area contributed by atoms with E-state index in [2.05, 4.69) is 14.9 Å². The highest BCUT2D eigenvalue weighted by molar-refractivity contribution is 7.99. The smallest absolute Gasteiger partial charge is 0.255 e. The second-order valence-corrected chi connectivity index (χ2v) is 9.56. The topological polar surface area (TPSA) is 78.5 Å². The first-order valence-corrected chi connectivity index (χ1v) is 11.8. The summed E-state index contributed by atoms with van der Waals surface area (Å²) in [6, 6.07) is 11.8. The van der Waals surface area contributed by atoms with E-state index in [1.165, 1.54) is 6.07 Å². The molecule has 1 saturated heterocycles. The molecule has 1 aliphatic rings. The molecule has 27 heavy (non-hydrogen) atoms. The Bertz CT molecular complexity index is 945. The number of carbonyl (C=O) groups excluding carboxylic acids is 1. The van der Waals surface area contributed by atoms with Gasteiger partial charge in [0.2, 0.25) is 10.0 Å².